The van der Waals surface area contributed by atoms with E-state index in [1.54, 1.807) is 6.92 Å². The SMILES string of the molecule is Cc1nc(N2CC3CCOC3(CNC(=O)OC(C)(C)C)C2)c(Cl)c2c1c(=O)c(C(=O)O)cn2C1CC1. The van der Waals surface area contributed by atoms with Gasteiger partial charge in [-0.2, -0.15) is 0 Å². The molecule has 2 unspecified atom stereocenters. The van der Waals surface area contributed by atoms with Gasteiger partial charge in [0.25, 0.3) is 0 Å². The van der Waals surface area contributed by atoms with Crippen molar-refractivity contribution in [1.29, 1.82) is 0 Å². The van der Waals surface area contributed by atoms with Gasteiger partial charge in [-0.1, -0.05) is 11.6 Å². The zero-order valence-corrected chi connectivity index (χ0v) is 21.6. The molecule has 36 heavy (non-hydrogen) atoms. The number of ether oxygens (including phenoxy) is 2. The number of hydrogen-bond acceptors (Lipinski definition) is 7. The average Bonchev–Trinajstić information content (AvgIpc) is 3.45. The molecule has 2 aliphatic heterocycles. The van der Waals surface area contributed by atoms with Crippen LogP contribution in [0.3, 0.4) is 0 Å². The third kappa shape index (κ3) is 4.30. The number of alkyl carbamates (subject to hydrolysis) is 1. The lowest BCUT2D eigenvalue weighted by Gasteiger charge is -2.29. The summed E-state index contributed by atoms with van der Waals surface area (Å²) in [4.78, 5) is 43.8. The number of aryl methyl sites for hydroxylation is 1. The molecular formula is C25H31ClN4O6. The number of nitrogens with zero attached hydrogens (tertiary/aromatic N) is 3. The minimum atomic E-state index is -1.26. The lowest BCUT2D eigenvalue weighted by atomic mass is 9.91. The second-order valence-electron chi connectivity index (χ2n) is 11.0. The van der Waals surface area contributed by atoms with Gasteiger partial charge in [-0.15, -0.1) is 0 Å². The maximum Gasteiger partial charge on any atom is 0.407 e. The second-order valence-corrected chi connectivity index (χ2v) is 11.4. The minimum absolute atomic E-state index is 0.101. The van der Waals surface area contributed by atoms with E-state index in [1.807, 2.05) is 30.2 Å². The van der Waals surface area contributed by atoms with Crippen LogP contribution in [0.1, 0.15) is 62.1 Å². The van der Waals surface area contributed by atoms with Crippen LogP contribution < -0.4 is 15.6 Å². The molecule has 0 spiro atoms. The van der Waals surface area contributed by atoms with Crippen LogP contribution in [-0.2, 0) is 9.47 Å². The van der Waals surface area contributed by atoms with Gasteiger partial charge in [-0.3, -0.25) is 4.79 Å². The summed E-state index contributed by atoms with van der Waals surface area (Å²) >= 11 is 6.93. The van der Waals surface area contributed by atoms with E-state index in [4.69, 9.17) is 21.1 Å². The number of carboxylic acids is 1. The number of pyridine rings is 2. The molecule has 1 aliphatic carbocycles. The van der Waals surface area contributed by atoms with Gasteiger partial charge in [0.05, 0.1) is 29.7 Å². The molecule has 10 nitrogen and oxygen atoms in total. The Bertz CT molecular complexity index is 1310. The van der Waals surface area contributed by atoms with Crippen LogP contribution in [0.4, 0.5) is 10.6 Å². The molecule has 11 heteroatoms. The first-order chi connectivity index (χ1) is 16.9. The highest BCUT2D eigenvalue weighted by Crippen LogP contribution is 2.45. The number of aromatic carboxylic acids is 1. The lowest BCUT2D eigenvalue weighted by Crippen LogP contribution is -2.49. The first-order valence-electron chi connectivity index (χ1n) is 12.2. The van der Waals surface area contributed by atoms with Crippen LogP contribution in [0, 0.1) is 12.8 Å². The maximum absolute atomic E-state index is 13.1. The molecule has 2 aromatic heterocycles. The molecule has 2 saturated heterocycles. The highest BCUT2D eigenvalue weighted by molar-refractivity contribution is 6.37. The Hall–Kier alpha value is -2.85. The standard InChI is InChI=1S/C25H31ClN4O6/c1-13-17-19(30(15-5-6-15)10-16(20(17)31)22(32)33)18(26)21(28-13)29-9-14-7-8-35-25(14,12-29)11-27-23(34)36-24(2,3)4/h10,14-15H,5-9,11-12H2,1-4H3,(H,27,34)(H,32,33). The van der Waals surface area contributed by atoms with E-state index in [2.05, 4.69) is 10.3 Å². The van der Waals surface area contributed by atoms with Crippen molar-refractivity contribution in [2.45, 2.75) is 64.2 Å². The first-order valence-corrected chi connectivity index (χ1v) is 12.6. The first kappa shape index (κ1) is 24.8. The Kier molecular flexibility index (Phi) is 5.95. The van der Waals surface area contributed by atoms with E-state index < -0.39 is 28.7 Å². The van der Waals surface area contributed by atoms with Crippen LogP contribution in [0.15, 0.2) is 11.0 Å². The molecular weight excluding hydrogens is 488 g/mol. The Labute approximate surface area is 213 Å². The highest BCUT2D eigenvalue weighted by atomic mass is 35.5. The quantitative estimate of drug-likeness (QED) is 0.616. The summed E-state index contributed by atoms with van der Waals surface area (Å²) in [6.45, 7) is 9.14. The third-order valence-electron chi connectivity index (χ3n) is 7.17. The molecule has 2 atom stereocenters. The van der Waals surface area contributed by atoms with Gasteiger partial charge < -0.3 is 29.4 Å². The zero-order chi connectivity index (χ0) is 26.0. The van der Waals surface area contributed by atoms with Crippen LogP contribution in [0.5, 0.6) is 0 Å². The van der Waals surface area contributed by atoms with Gasteiger partial charge >= 0.3 is 12.1 Å². The lowest BCUT2D eigenvalue weighted by molar-refractivity contribution is -0.000274. The summed E-state index contributed by atoms with van der Waals surface area (Å²) in [6, 6.07) is 0.101. The molecule has 2 aromatic rings. The van der Waals surface area contributed by atoms with E-state index in [0.29, 0.717) is 48.3 Å². The van der Waals surface area contributed by atoms with E-state index in [1.165, 1.54) is 6.20 Å². The number of carbonyl (C=O) groups is 2. The average molecular weight is 519 g/mol. The van der Waals surface area contributed by atoms with E-state index in [-0.39, 0.29) is 22.9 Å². The Balaban J connectivity index is 1.50. The van der Waals surface area contributed by atoms with Gasteiger partial charge in [-0.25, -0.2) is 14.6 Å². The number of amides is 1. The molecule has 0 bridgehead atoms. The fraction of sp³-hybridized carbons (Fsp3) is 0.600. The monoisotopic (exact) mass is 518 g/mol. The van der Waals surface area contributed by atoms with Gasteiger partial charge in [0.15, 0.2) is 0 Å². The molecule has 3 fully saturated rings. The van der Waals surface area contributed by atoms with Crippen LogP contribution in [-0.4, -0.2) is 64.2 Å². The zero-order valence-electron chi connectivity index (χ0n) is 20.9. The van der Waals surface area contributed by atoms with Gasteiger partial charge in [0.1, 0.15) is 27.6 Å². The molecule has 5 rings (SSSR count). The Morgan fingerprint density at radius 2 is 2.06 bits per heavy atom. The maximum atomic E-state index is 13.1. The number of aromatic nitrogens is 2. The largest absolute Gasteiger partial charge is 0.477 e. The fourth-order valence-corrected chi connectivity index (χ4v) is 5.74. The van der Waals surface area contributed by atoms with Crippen molar-refractivity contribution in [3.8, 4) is 0 Å². The van der Waals surface area contributed by atoms with Crippen molar-refractivity contribution >= 4 is 40.4 Å². The van der Waals surface area contributed by atoms with Gasteiger partial charge in [0, 0.05) is 31.3 Å². The Morgan fingerprint density at radius 3 is 2.69 bits per heavy atom. The van der Waals surface area contributed by atoms with Crippen molar-refractivity contribution in [2.75, 3.05) is 31.1 Å². The van der Waals surface area contributed by atoms with E-state index in [0.717, 1.165) is 19.3 Å². The van der Waals surface area contributed by atoms with Crippen molar-refractivity contribution in [3.63, 3.8) is 0 Å². The number of hydrogen-bond donors (Lipinski definition) is 2. The molecule has 2 N–H and O–H groups in total. The Morgan fingerprint density at radius 1 is 1.33 bits per heavy atom. The number of nitrogens with one attached hydrogen (secondary N) is 1. The third-order valence-corrected chi connectivity index (χ3v) is 7.52. The van der Waals surface area contributed by atoms with Crippen molar-refractivity contribution in [1.82, 2.24) is 14.9 Å². The summed E-state index contributed by atoms with van der Waals surface area (Å²) in [5.41, 5.74) is -1.10. The minimum Gasteiger partial charge on any atom is -0.477 e. The van der Waals surface area contributed by atoms with Crippen LogP contribution in [0.25, 0.3) is 10.9 Å². The fourth-order valence-electron chi connectivity index (χ4n) is 5.38. The molecule has 0 aromatic carbocycles. The van der Waals surface area contributed by atoms with Crippen molar-refractivity contribution < 1.29 is 24.2 Å². The van der Waals surface area contributed by atoms with E-state index >= 15 is 0 Å². The van der Waals surface area contributed by atoms with Crippen LogP contribution in [0.2, 0.25) is 5.02 Å². The van der Waals surface area contributed by atoms with Crippen LogP contribution >= 0.6 is 11.6 Å². The normalized spacial score (nSPS) is 23.7. The second kappa shape index (κ2) is 8.62. The molecule has 4 heterocycles. The number of fused-ring (bicyclic) bond motifs is 2. The predicted octanol–water partition coefficient (Wildman–Crippen LogP) is 3.51. The van der Waals surface area contributed by atoms with Crippen molar-refractivity contribution in [2.24, 2.45) is 5.92 Å². The molecule has 1 amide bonds. The predicted molar refractivity (Wildman–Crippen MR) is 134 cm³/mol. The topological polar surface area (TPSA) is 123 Å². The summed E-state index contributed by atoms with van der Waals surface area (Å²) in [6.07, 6.45) is 3.54. The number of carboxylic acid groups (broad SMARTS) is 1. The summed E-state index contributed by atoms with van der Waals surface area (Å²) in [7, 11) is 0. The summed E-state index contributed by atoms with van der Waals surface area (Å²) < 4.78 is 13.4. The number of halogens is 1. The number of rotatable bonds is 5. The highest BCUT2D eigenvalue weighted by Gasteiger charge is 2.52. The van der Waals surface area contributed by atoms with E-state index in [9.17, 15) is 19.5 Å². The molecule has 3 aliphatic rings. The van der Waals surface area contributed by atoms with Gasteiger partial charge in [0.2, 0.25) is 5.43 Å². The van der Waals surface area contributed by atoms with Crippen molar-refractivity contribution in [3.05, 3.63) is 32.7 Å². The van der Waals surface area contributed by atoms with Gasteiger partial charge in [-0.05, 0) is 47.0 Å². The summed E-state index contributed by atoms with van der Waals surface area (Å²) in [5.74, 6) is -0.575. The molecule has 0 radical (unpaired) electrons. The summed E-state index contributed by atoms with van der Waals surface area (Å²) in [5, 5.41) is 13.0. The molecule has 1 saturated carbocycles. The number of carbonyl (C=O) groups excluding carboxylic acids is 1. The molecule has 194 valence electrons. The smallest absolute Gasteiger partial charge is 0.407 e. The number of anilines is 1.